The molecule has 20 heavy (non-hydrogen) atoms. The molecule has 1 aliphatic rings. The summed E-state index contributed by atoms with van der Waals surface area (Å²) < 4.78 is 0. The minimum atomic E-state index is -0.838. The van der Waals surface area contributed by atoms with Gasteiger partial charge in [0.1, 0.15) is 5.75 Å². The maximum Gasteiger partial charge on any atom is 0.303 e. The summed E-state index contributed by atoms with van der Waals surface area (Å²) in [4.78, 5) is 24.2. The van der Waals surface area contributed by atoms with Gasteiger partial charge in [-0.2, -0.15) is 0 Å². The third-order valence-electron chi connectivity index (χ3n) is 3.44. The van der Waals surface area contributed by atoms with Crippen LogP contribution in [0.15, 0.2) is 24.3 Å². The highest BCUT2D eigenvalue weighted by Gasteiger charge is 2.34. The zero-order valence-electron chi connectivity index (χ0n) is 11.0. The van der Waals surface area contributed by atoms with E-state index in [-0.39, 0.29) is 24.0 Å². The largest absolute Gasteiger partial charge is 0.508 e. The molecule has 6 nitrogen and oxygen atoms in total. The second-order valence-corrected chi connectivity index (χ2v) is 5.18. The Kier molecular flexibility index (Phi) is 4.24. The Balaban J connectivity index is 1.81. The first-order chi connectivity index (χ1) is 9.45. The molecule has 0 spiro atoms. The van der Waals surface area contributed by atoms with Crippen LogP contribution < -0.4 is 5.73 Å². The van der Waals surface area contributed by atoms with Crippen molar-refractivity contribution in [2.45, 2.75) is 18.9 Å². The number of rotatable bonds is 5. The van der Waals surface area contributed by atoms with E-state index in [2.05, 4.69) is 0 Å². The molecule has 0 aliphatic carbocycles. The highest BCUT2D eigenvalue weighted by atomic mass is 16.4. The third kappa shape index (κ3) is 3.48. The van der Waals surface area contributed by atoms with Gasteiger partial charge in [0.2, 0.25) is 5.91 Å². The number of carboxylic acid groups (broad SMARTS) is 1. The standard InChI is InChI=1S/C14H18N2O4/c15-12(5-9-1-3-11(17)4-2-9)14(20)16-7-10(8-16)6-13(18)19/h1-4,10,12,17H,5-8,15H2,(H,18,19)/t12-/m1/s1. The molecule has 0 aromatic heterocycles. The smallest absolute Gasteiger partial charge is 0.303 e. The number of amides is 1. The van der Waals surface area contributed by atoms with E-state index in [9.17, 15) is 14.7 Å². The predicted octanol–water partition coefficient (Wildman–Crippen LogP) is 0.195. The van der Waals surface area contributed by atoms with E-state index in [1.54, 1.807) is 29.2 Å². The number of hydrogen-bond donors (Lipinski definition) is 3. The Bertz CT molecular complexity index is 494. The number of carbonyl (C=O) groups excluding carboxylic acids is 1. The summed E-state index contributed by atoms with van der Waals surface area (Å²) in [5.41, 5.74) is 6.76. The van der Waals surface area contributed by atoms with Crippen molar-refractivity contribution in [3.63, 3.8) is 0 Å². The van der Waals surface area contributed by atoms with Gasteiger partial charge < -0.3 is 20.8 Å². The lowest BCUT2D eigenvalue weighted by molar-refractivity contribution is -0.145. The lowest BCUT2D eigenvalue weighted by Gasteiger charge is -2.39. The van der Waals surface area contributed by atoms with E-state index in [0.717, 1.165) is 5.56 Å². The van der Waals surface area contributed by atoms with Crippen LogP contribution in [0.5, 0.6) is 5.75 Å². The van der Waals surface area contributed by atoms with Crippen molar-refractivity contribution in [3.8, 4) is 5.75 Å². The van der Waals surface area contributed by atoms with Crippen molar-refractivity contribution in [1.29, 1.82) is 0 Å². The van der Waals surface area contributed by atoms with Gasteiger partial charge in [0.25, 0.3) is 0 Å². The molecule has 0 bridgehead atoms. The molecule has 6 heteroatoms. The average molecular weight is 278 g/mol. The molecule has 108 valence electrons. The molecular weight excluding hydrogens is 260 g/mol. The number of likely N-dealkylation sites (tertiary alicyclic amines) is 1. The zero-order valence-corrected chi connectivity index (χ0v) is 11.0. The van der Waals surface area contributed by atoms with E-state index in [1.807, 2.05) is 0 Å². The van der Waals surface area contributed by atoms with Gasteiger partial charge in [0.15, 0.2) is 0 Å². The minimum absolute atomic E-state index is 0.0392. The first-order valence-corrected chi connectivity index (χ1v) is 6.49. The summed E-state index contributed by atoms with van der Waals surface area (Å²) >= 11 is 0. The number of nitrogens with two attached hydrogens (primary N) is 1. The van der Waals surface area contributed by atoms with Crippen molar-refractivity contribution in [2.24, 2.45) is 11.7 Å². The van der Waals surface area contributed by atoms with E-state index >= 15 is 0 Å². The van der Waals surface area contributed by atoms with Crippen molar-refractivity contribution < 1.29 is 19.8 Å². The van der Waals surface area contributed by atoms with Gasteiger partial charge in [-0.15, -0.1) is 0 Å². The molecule has 1 amide bonds. The Hall–Kier alpha value is -2.08. The summed E-state index contributed by atoms with van der Waals surface area (Å²) in [5.74, 6) is -0.777. The van der Waals surface area contributed by atoms with E-state index < -0.39 is 12.0 Å². The molecule has 4 N–H and O–H groups in total. The second-order valence-electron chi connectivity index (χ2n) is 5.18. The van der Waals surface area contributed by atoms with Crippen LogP contribution in [0.4, 0.5) is 0 Å². The lowest BCUT2D eigenvalue weighted by Crippen LogP contribution is -2.56. The highest BCUT2D eigenvalue weighted by Crippen LogP contribution is 2.20. The Morgan fingerprint density at radius 2 is 1.90 bits per heavy atom. The number of carboxylic acids is 1. The molecule has 2 rings (SSSR count). The normalized spacial score (nSPS) is 16.6. The van der Waals surface area contributed by atoms with E-state index in [1.165, 1.54) is 0 Å². The Morgan fingerprint density at radius 3 is 2.45 bits per heavy atom. The molecule has 1 atom stereocenters. The van der Waals surface area contributed by atoms with E-state index in [0.29, 0.717) is 19.5 Å². The van der Waals surface area contributed by atoms with Gasteiger partial charge >= 0.3 is 5.97 Å². The number of phenolic OH excluding ortho intramolecular Hbond substituents is 1. The maximum atomic E-state index is 12.0. The quantitative estimate of drug-likeness (QED) is 0.713. The summed E-state index contributed by atoms with van der Waals surface area (Å²) in [6.45, 7) is 0.933. The third-order valence-corrected chi connectivity index (χ3v) is 3.44. The molecule has 1 heterocycles. The summed E-state index contributed by atoms with van der Waals surface area (Å²) in [6, 6.07) is 5.93. The van der Waals surface area contributed by atoms with Gasteiger partial charge in [-0.3, -0.25) is 9.59 Å². The van der Waals surface area contributed by atoms with Gasteiger partial charge in [-0.25, -0.2) is 0 Å². The fraction of sp³-hybridized carbons (Fsp3) is 0.429. The first kappa shape index (κ1) is 14.3. The summed E-state index contributed by atoms with van der Waals surface area (Å²) in [6.07, 6.45) is 0.496. The van der Waals surface area contributed by atoms with Crippen molar-refractivity contribution in [2.75, 3.05) is 13.1 Å². The highest BCUT2D eigenvalue weighted by molar-refractivity contribution is 5.83. The van der Waals surface area contributed by atoms with Crippen molar-refractivity contribution in [1.82, 2.24) is 4.90 Å². The van der Waals surface area contributed by atoms with Crippen molar-refractivity contribution in [3.05, 3.63) is 29.8 Å². The SMILES string of the molecule is N[C@H](Cc1ccc(O)cc1)C(=O)N1CC(CC(=O)O)C1. The number of phenols is 1. The van der Waals surface area contributed by atoms with Crippen LogP contribution in [-0.4, -0.2) is 46.1 Å². The number of aromatic hydroxyl groups is 1. The fourth-order valence-corrected chi connectivity index (χ4v) is 2.33. The fourth-order valence-electron chi connectivity index (χ4n) is 2.33. The monoisotopic (exact) mass is 278 g/mol. The topological polar surface area (TPSA) is 104 Å². The Morgan fingerprint density at radius 1 is 1.30 bits per heavy atom. The number of carbonyl (C=O) groups is 2. The second kappa shape index (κ2) is 5.92. The molecule has 0 unspecified atom stereocenters. The summed E-state index contributed by atoms with van der Waals surface area (Å²) in [5, 5.41) is 17.8. The minimum Gasteiger partial charge on any atom is -0.508 e. The van der Waals surface area contributed by atoms with Gasteiger partial charge in [-0.1, -0.05) is 12.1 Å². The molecule has 1 fully saturated rings. The van der Waals surface area contributed by atoms with Crippen LogP contribution in [0, 0.1) is 5.92 Å². The number of nitrogens with zero attached hydrogens (tertiary/aromatic N) is 1. The van der Waals surface area contributed by atoms with Gasteiger partial charge in [0, 0.05) is 19.0 Å². The van der Waals surface area contributed by atoms with Crippen LogP contribution in [0.25, 0.3) is 0 Å². The number of hydrogen-bond acceptors (Lipinski definition) is 4. The maximum absolute atomic E-state index is 12.0. The molecule has 0 radical (unpaired) electrons. The first-order valence-electron chi connectivity index (χ1n) is 6.49. The molecule has 0 saturated carbocycles. The van der Waals surface area contributed by atoms with Crippen molar-refractivity contribution >= 4 is 11.9 Å². The zero-order chi connectivity index (χ0) is 14.7. The lowest BCUT2D eigenvalue weighted by atomic mass is 9.94. The van der Waals surface area contributed by atoms with Crippen LogP contribution >= 0.6 is 0 Å². The van der Waals surface area contributed by atoms with Gasteiger partial charge in [0.05, 0.1) is 12.5 Å². The average Bonchev–Trinajstić information content (AvgIpc) is 2.35. The summed E-state index contributed by atoms with van der Waals surface area (Å²) in [7, 11) is 0. The van der Waals surface area contributed by atoms with Gasteiger partial charge in [-0.05, 0) is 24.1 Å². The molecule has 1 aromatic carbocycles. The van der Waals surface area contributed by atoms with Crippen LogP contribution in [0.3, 0.4) is 0 Å². The van der Waals surface area contributed by atoms with Crippen LogP contribution in [-0.2, 0) is 16.0 Å². The number of aliphatic carboxylic acids is 1. The van der Waals surface area contributed by atoms with Crippen LogP contribution in [0.1, 0.15) is 12.0 Å². The number of benzene rings is 1. The molecule has 1 aromatic rings. The van der Waals surface area contributed by atoms with E-state index in [4.69, 9.17) is 10.8 Å². The Labute approximate surface area is 116 Å². The van der Waals surface area contributed by atoms with Crippen LogP contribution in [0.2, 0.25) is 0 Å². The molecular formula is C14H18N2O4. The predicted molar refractivity (Wildman–Crippen MR) is 72.1 cm³/mol. The molecule has 1 aliphatic heterocycles. The molecule has 1 saturated heterocycles.